The standard InChI is InChI=1S/C43H42N6O7S/c1-28-4-2-5-32(22-28)39-6-3-19-48(39)34-10-7-30(8-11-34)31-9-13-37(41(24-31)56-35-23-33-15-18-44-42(33)46-27-35)43(50)47-57(53,54)36-12-14-38(40(25-36)49(51)52)45-26-29-16-20-55-21-17-29/h2,4-5,7-15,18,22-25,27,29,39,45H,3,6,16-17,19-21,26H2,1H3,(H,44,46)(H,47,50). The fourth-order valence-electron chi connectivity index (χ4n) is 7.64. The molecule has 14 heteroatoms. The molecule has 4 aromatic carbocycles. The summed E-state index contributed by atoms with van der Waals surface area (Å²) in [5.41, 5.74) is 5.62. The molecule has 292 valence electrons. The second kappa shape index (κ2) is 16.1. The monoisotopic (exact) mass is 786 g/mol. The number of hydrogen-bond acceptors (Lipinski definition) is 10. The molecule has 0 saturated carbocycles. The molecule has 4 heterocycles. The molecule has 57 heavy (non-hydrogen) atoms. The molecule has 0 aliphatic carbocycles. The molecule has 2 aromatic heterocycles. The molecule has 0 radical (unpaired) electrons. The number of hydrogen-bond donors (Lipinski definition) is 3. The first kappa shape index (κ1) is 37.7. The highest BCUT2D eigenvalue weighted by Gasteiger charge is 2.28. The average Bonchev–Trinajstić information content (AvgIpc) is 3.91. The fourth-order valence-corrected chi connectivity index (χ4v) is 8.63. The van der Waals surface area contributed by atoms with Gasteiger partial charge in [0.25, 0.3) is 21.6 Å². The van der Waals surface area contributed by atoms with Crippen LogP contribution in [-0.4, -0.2) is 55.5 Å². The second-order valence-electron chi connectivity index (χ2n) is 14.5. The van der Waals surface area contributed by atoms with Crippen molar-refractivity contribution in [2.24, 2.45) is 5.92 Å². The van der Waals surface area contributed by atoms with E-state index in [1.807, 2.05) is 18.2 Å². The van der Waals surface area contributed by atoms with Crippen molar-refractivity contribution in [2.75, 3.05) is 36.5 Å². The van der Waals surface area contributed by atoms with Crippen molar-refractivity contribution in [1.29, 1.82) is 0 Å². The summed E-state index contributed by atoms with van der Waals surface area (Å²) >= 11 is 0. The van der Waals surface area contributed by atoms with E-state index in [9.17, 15) is 23.3 Å². The number of aryl methyl sites for hydroxylation is 1. The maximum absolute atomic E-state index is 13.8. The highest BCUT2D eigenvalue weighted by molar-refractivity contribution is 7.90. The summed E-state index contributed by atoms with van der Waals surface area (Å²) in [4.78, 5) is 34.7. The van der Waals surface area contributed by atoms with E-state index >= 15 is 0 Å². The average molecular weight is 787 g/mol. The molecule has 2 aliphatic heterocycles. The molecule has 1 atom stereocenters. The first-order valence-corrected chi connectivity index (χ1v) is 20.5. The number of fused-ring (bicyclic) bond motifs is 1. The Morgan fingerprint density at radius 2 is 1.79 bits per heavy atom. The molecule has 6 aromatic rings. The first-order valence-electron chi connectivity index (χ1n) is 19.0. The van der Waals surface area contributed by atoms with Crippen molar-refractivity contribution in [3.8, 4) is 22.6 Å². The zero-order valence-electron chi connectivity index (χ0n) is 31.3. The fraction of sp³-hybridized carbons (Fsp3) is 0.256. The predicted octanol–water partition coefficient (Wildman–Crippen LogP) is 8.54. The largest absolute Gasteiger partial charge is 0.455 e. The van der Waals surface area contributed by atoms with Crippen LogP contribution in [0, 0.1) is 23.0 Å². The lowest BCUT2D eigenvalue weighted by molar-refractivity contribution is -0.384. The van der Waals surface area contributed by atoms with Crippen LogP contribution in [0.4, 0.5) is 17.1 Å². The van der Waals surface area contributed by atoms with Gasteiger partial charge in [-0.15, -0.1) is 0 Å². The van der Waals surface area contributed by atoms with Crippen molar-refractivity contribution in [3.05, 3.63) is 136 Å². The van der Waals surface area contributed by atoms with E-state index in [1.54, 1.807) is 24.4 Å². The molecular formula is C43H42N6O7S. The van der Waals surface area contributed by atoms with Gasteiger partial charge in [0.05, 0.1) is 27.6 Å². The third kappa shape index (κ3) is 8.32. The van der Waals surface area contributed by atoms with E-state index < -0.39 is 31.4 Å². The lowest BCUT2D eigenvalue weighted by atomic mass is 10.0. The van der Waals surface area contributed by atoms with Crippen LogP contribution < -0.4 is 19.7 Å². The van der Waals surface area contributed by atoms with E-state index in [-0.39, 0.29) is 22.9 Å². The third-order valence-corrected chi connectivity index (χ3v) is 12.0. The van der Waals surface area contributed by atoms with Crippen molar-refractivity contribution < 1.29 is 27.6 Å². The Kier molecular flexibility index (Phi) is 10.6. The van der Waals surface area contributed by atoms with Crippen molar-refractivity contribution >= 4 is 44.0 Å². The van der Waals surface area contributed by atoms with E-state index in [0.717, 1.165) is 60.5 Å². The van der Waals surface area contributed by atoms with Crippen LogP contribution in [0.5, 0.6) is 11.5 Å². The van der Waals surface area contributed by atoms with E-state index in [2.05, 4.69) is 68.2 Å². The summed E-state index contributed by atoms with van der Waals surface area (Å²) in [7, 11) is -4.55. The number of carbonyl (C=O) groups excluding carboxylic acids is 1. The topological polar surface area (TPSA) is 169 Å². The molecule has 2 aliphatic rings. The summed E-state index contributed by atoms with van der Waals surface area (Å²) < 4.78 is 41.0. The van der Waals surface area contributed by atoms with E-state index in [1.165, 1.54) is 35.5 Å². The molecular weight excluding hydrogens is 745 g/mol. The maximum atomic E-state index is 13.8. The SMILES string of the molecule is Cc1cccc(C2CCCN2c2ccc(-c3ccc(C(=O)NS(=O)(=O)c4ccc(NCC5CCOCC5)c([N+](=O)[O-])c4)c(Oc4cnc5[nH]ccc5c4)c3)cc2)c1. The van der Waals surface area contributed by atoms with Gasteiger partial charge in [-0.1, -0.05) is 48.0 Å². The number of nitrogens with zero attached hydrogens (tertiary/aromatic N) is 3. The Morgan fingerprint density at radius 3 is 2.58 bits per heavy atom. The van der Waals surface area contributed by atoms with Crippen LogP contribution in [0.15, 0.2) is 114 Å². The number of nitrogens with one attached hydrogen (secondary N) is 3. The van der Waals surface area contributed by atoms with Crippen molar-refractivity contribution in [1.82, 2.24) is 14.7 Å². The molecule has 13 nitrogen and oxygen atoms in total. The van der Waals surface area contributed by atoms with Gasteiger partial charge in [-0.25, -0.2) is 18.1 Å². The normalized spacial score (nSPS) is 16.1. The zero-order chi connectivity index (χ0) is 39.5. The number of nitro groups is 1. The summed E-state index contributed by atoms with van der Waals surface area (Å²) in [5, 5.41) is 15.9. The molecule has 0 spiro atoms. The lowest BCUT2D eigenvalue weighted by Crippen LogP contribution is -2.31. The minimum absolute atomic E-state index is 0.0598. The van der Waals surface area contributed by atoms with Gasteiger partial charge in [-0.05, 0) is 104 Å². The van der Waals surface area contributed by atoms with Gasteiger partial charge in [-0.2, -0.15) is 0 Å². The molecule has 0 bridgehead atoms. The Hall–Kier alpha value is -6.25. The molecule has 3 N–H and O–H groups in total. The predicted molar refractivity (Wildman–Crippen MR) is 218 cm³/mol. The molecule has 1 unspecified atom stereocenters. The van der Waals surface area contributed by atoms with Crippen LogP contribution in [0.1, 0.15) is 53.2 Å². The van der Waals surface area contributed by atoms with E-state index in [4.69, 9.17) is 9.47 Å². The van der Waals surface area contributed by atoms with Gasteiger partial charge in [0.2, 0.25) is 0 Å². The lowest BCUT2D eigenvalue weighted by Gasteiger charge is -2.27. The third-order valence-electron chi connectivity index (χ3n) is 10.7. The number of aromatic amines is 1. The van der Waals surface area contributed by atoms with Gasteiger partial charge in [0, 0.05) is 49.6 Å². The van der Waals surface area contributed by atoms with Crippen molar-refractivity contribution in [2.45, 2.75) is 43.5 Å². The Balaban J connectivity index is 1.06. The molecule has 8 rings (SSSR count). The number of carbonyl (C=O) groups is 1. The number of nitro benzene ring substituents is 1. The minimum Gasteiger partial charge on any atom is -0.455 e. The first-order chi connectivity index (χ1) is 27.6. The van der Waals surface area contributed by atoms with Gasteiger partial charge >= 0.3 is 0 Å². The number of amides is 1. The quantitative estimate of drug-likeness (QED) is 0.0808. The van der Waals surface area contributed by atoms with Crippen LogP contribution in [0.25, 0.3) is 22.2 Å². The van der Waals surface area contributed by atoms with Crippen LogP contribution in [0.2, 0.25) is 0 Å². The number of rotatable bonds is 12. The zero-order valence-corrected chi connectivity index (χ0v) is 32.1. The van der Waals surface area contributed by atoms with Gasteiger partial charge in [0.1, 0.15) is 22.8 Å². The number of sulfonamides is 1. The Morgan fingerprint density at radius 1 is 0.982 bits per heavy atom. The van der Waals surface area contributed by atoms with Gasteiger partial charge < -0.3 is 24.7 Å². The summed E-state index contributed by atoms with van der Waals surface area (Å²) in [6.07, 6.45) is 7.08. The number of ether oxygens (including phenoxy) is 2. The Labute approximate surface area is 330 Å². The number of anilines is 2. The summed E-state index contributed by atoms with van der Waals surface area (Å²) in [6, 6.07) is 29.2. The minimum atomic E-state index is -4.55. The molecule has 2 fully saturated rings. The smallest absolute Gasteiger partial charge is 0.293 e. The summed E-state index contributed by atoms with van der Waals surface area (Å²) in [6.45, 7) is 4.80. The van der Waals surface area contributed by atoms with Gasteiger partial charge in [-0.3, -0.25) is 14.9 Å². The molecule has 2 saturated heterocycles. The highest BCUT2D eigenvalue weighted by atomic mass is 32.2. The van der Waals surface area contributed by atoms with Gasteiger partial charge in [0.15, 0.2) is 0 Å². The second-order valence-corrected chi connectivity index (χ2v) is 16.2. The summed E-state index contributed by atoms with van der Waals surface area (Å²) in [5.74, 6) is -0.264. The highest BCUT2D eigenvalue weighted by Crippen LogP contribution is 2.38. The Bertz CT molecular complexity index is 2550. The number of aromatic nitrogens is 2. The van der Waals surface area contributed by atoms with Crippen LogP contribution >= 0.6 is 0 Å². The van der Waals surface area contributed by atoms with Crippen molar-refractivity contribution in [3.63, 3.8) is 0 Å². The van der Waals surface area contributed by atoms with Crippen LogP contribution in [0.3, 0.4) is 0 Å². The number of benzene rings is 4. The molecule has 1 amide bonds. The van der Waals surface area contributed by atoms with E-state index in [0.29, 0.717) is 37.2 Å². The maximum Gasteiger partial charge on any atom is 0.293 e. The number of pyridine rings is 1. The number of H-pyrrole nitrogens is 1. The van der Waals surface area contributed by atoms with Crippen LogP contribution in [-0.2, 0) is 14.8 Å².